The number of fused-ring (bicyclic) bond motifs is 1. The summed E-state index contributed by atoms with van der Waals surface area (Å²) in [5, 5.41) is 14.2. The van der Waals surface area contributed by atoms with E-state index in [2.05, 4.69) is 37.8 Å². The zero-order valence-corrected chi connectivity index (χ0v) is 23.5. The Morgan fingerprint density at radius 2 is 2.12 bits per heavy atom. The standard InChI is InChI=1S/C27H30F2N10OS/c1-16-5-4-8-37(11-16)13-18-9-24(41-35-18)33-26-27-30-10-22(39(27)12-17(2)31-26)21-14-38(36-34-21)15-23(40)32-20-7-3-6-19(28)25(20)29/h3,6-7,10,12,14,16,24H,4-5,8-9,11,13,15H2,1-2H3,(H,31,33)(H,32,40). The molecule has 14 heteroatoms. The second-order valence-electron chi connectivity index (χ2n) is 10.6. The summed E-state index contributed by atoms with van der Waals surface area (Å²) in [5.41, 5.74) is 3.55. The highest BCUT2D eigenvalue weighted by atomic mass is 32.2. The van der Waals surface area contributed by atoms with Gasteiger partial charge < -0.3 is 10.6 Å². The number of imidazole rings is 1. The predicted octanol–water partition coefficient (Wildman–Crippen LogP) is 4.18. The maximum atomic E-state index is 13.9. The van der Waals surface area contributed by atoms with Crippen LogP contribution in [0.3, 0.4) is 0 Å². The molecule has 2 aliphatic heterocycles. The molecule has 1 amide bonds. The largest absolute Gasteiger partial charge is 0.353 e. The number of hydrogen-bond acceptors (Lipinski definition) is 9. The summed E-state index contributed by atoms with van der Waals surface area (Å²) in [6.45, 7) is 7.14. The van der Waals surface area contributed by atoms with Crippen molar-refractivity contribution in [3.05, 3.63) is 54.1 Å². The normalized spacial score (nSPS) is 19.5. The number of piperidine rings is 1. The number of anilines is 2. The number of likely N-dealkylation sites (tertiary alicyclic amines) is 1. The molecule has 1 saturated heterocycles. The number of nitrogens with zero attached hydrogens (tertiary/aromatic N) is 8. The van der Waals surface area contributed by atoms with Gasteiger partial charge in [0.15, 0.2) is 23.1 Å². The van der Waals surface area contributed by atoms with Crippen molar-refractivity contribution < 1.29 is 13.6 Å². The number of rotatable bonds is 8. The second-order valence-corrected chi connectivity index (χ2v) is 11.6. The van der Waals surface area contributed by atoms with Crippen molar-refractivity contribution in [1.29, 1.82) is 0 Å². The molecule has 5 heterocycles. The van der Waals surface area contributed by atoms with Gasteiger partial charge in [-0.1, -0.05) is 18.2 Å². The summed E-state index contributed by atoms with van der Waals surface area (Å²) in [6.07, 6.45) is 8.52. The Balaban J connectivity index is 1.13. The molecular formula is C27H30F2N10OS. The average Bonchev–Trinajstić information content (AvgIpc) is 3.67. The summed E-state index contributed by atoms with van der Waals surface area (Å²) >= 11 is 1.53. The van der Waals surface area contributed by atoms with E-state index in [4.69, 9.17) is 9.38 Å². The van der Waals surface area contributed by atoms with Crippen molar-refractivity contribution in [1.82, 2.24) is 34.3 Å². The Morgan fingerprint density at radius 1 is 1.24 bits per heavy atom. The summed E-state index contributed by atoms with van der Waals surface area (Å²) in [5.74, 6) is -1.34. The van der Waals surface area contributed by atoms with Gasteiger partial charge in [0.05, 0.1) is 29.5 Å². The zero-order chi connectivity index (χ0) is 28.5. The highest BCUT2D eigenvalue weighted by Gasteiger charge is 2.25. The summed E-state index contributed by atoms with van der Waals surface area (Å²) < 4.78 is 35.3. The molecule has 0 radical (unpaired) electrons. The minimum absolute atomic E-state index is 0.0628. The third-order valence-electron chi connectivity index (χ3n) is 7.12. The third-order valence-corrected chi connectivity index (χ3v) is 8.02. The highest BCUT2D eigenvalue weighted by Crippen LogP contribution is 2.30. The smallest absolute Gasteiger partial charge is 0.246 e. The maximum absolute atomic E-state index is 13.9. The van der Waals surface area contributed by atoms with Crippen LogP contribution in [0.4, 0.5) is 20.3 Å². The number of aromatic nitrogens is 6. The lowest BCUT2D eigenvalue weighted by molar-refractivity contribution is -0.117. The first-order chi connectivity index (χ1) is 19.8. The first-order valence-electron chi connectivity index (χ1n) is 13.5. The molecule has 3 aromatic heterocycles. The first kappa shape index (κ1) is 27.3. The second kappa shape index (κ2) is 11.5. The van der Waals surface area contributed by atoms with Gasteiger partial charge in [0.2, 0.25) is 5.91 Å². The molecule has 0 spiro atoms. The molecule has 6 rings (SSSR count). The van der Waals surface area contributed by atoms with E-state index >= 15 is 0 Å². The average molecular weight is 581 g/mol. The molecule has 2 aliphatic rings. The molecule has 214 valence electrons. The summed E-state index contributed by atoms with van der Waals surface area (Å²) in [7, 11) is 0. The Kier molecular flexibility index (Phi) is 7.67. The number of benzene rings is 1. The van der Waals surface area contributed by atoms with Gasteiger partial charge in [-0.15, -0.1) is 5.10 Å². The van der Waals surface area contributed by atoms with Crippen LogP contribution in [0.25, 0.3) is 17.0 Å². The monoisotopic (exact) mass is 580 g/mol. The van der Waals surface area contributed by atoms with Gasteiger partial charge in [0, 0.05) is 31.4 Å². The van der Waals surface area contributed by atoms with Crippen LogP contribution < -0.4 is 10.6 Å². The number of nitrogens with one attached hydrogen (secondary N) is 2. The number of hydrogen-bond donors (Lipinski definition) is 2. The molecule has 0 bridgehead atoms. The summed E-state index contributed by atoms with van der Waals surface area (Å²) in [6, 6.07) is 3.59. The number of halogens is 2. The van der Waals surface area contributed by atoms with Crippen molar-refractivity contribution in [3.63, 3.8) is 0 Å². The van der Waals surface area contributed by atoms with E-state index in [1.165, 1.54) is 47.3 Å². The quantitative estimate of drug-likeness (QED) is 0.298. The molecule has 41 heavy (non-hydrogen) atoms. The third kappa shape index (κ3) is 6.07. The van der Waals surface area contributed by atoms with Crippen LogP contribution in [0.5, 0.6) is 0 Å². The Labute approximate surface area is 239 Å². The summed E-state index contributed by atoms with van der Waals surface area (Å²) in [4.78, 5) is 24.2. The van der Waals surface area contributed by atoms with E-state index in [1.54, 1.807) is 12.4 Å². The van der Waals surface area contributed by atoms with Crippen molar-refractivity contribution >= 4 is 40.7 Å². The Morgan fingerprint density at radius 3 is 2.98 bits per heavy atom. The first-order valence-corrected chi connectivity index (χ1v) is 14.4. The number of carbonyl (C=O) groups excluding carboxylic acids is 1. The van der Waals surface area contributed by atoms with Crippen molar-refractivity contribution in [2.75, 3.05) is 30.3 Å². The molecule has 0 aliphatic carbocycles. The molecule has 2 N–H and O–H groups in total. The van der Waals surface area contributed by atoms with E-state index in [0.717, 1.165) is 43.7 Å². The van der Waals surface area contributed by atoms with Crippen LogP contribution in [-0.4, -0.2) is 70.9 Å². The zero-order valence-electron chi connectivity index (χ0n) is 22.7. The molecule has 2 unspecified atom stereocenters. The molecule has 0 saturated carbocycles. The molecule has 1 fully saturated rings. The van der Waals surface area contributed by atoms with E-state index in [1.807, 2.05) is 17.5 Å². The number of aryl methyl sites for hydroxylation is 1. The van der Waals surface area contributed by atoms with E-state index in [-0.39, 0.29) is 17.6 Å². The lowest BCUT2D eigenvalue weighted by Gasteiger charge is -2.30. The SMILES string of the molecule is Cc1cn2c(-c3cn(CC(=O)Nc4cccc(F)c4F)nn3)cnc2c(NC2CC(CN3CCCC(C)C3)=NS2)n1. The molecular weight excluding hydrogens is 550 g/mol. The van der Waals surface area contributed by atoms with Crippen LogP contribution in [0.2, 0.25) is 0 Å². The van der Waals surface area contributed by atoms with Gasteiger partial charge in [-0.25, -0.2) is 27.8 Å². The lowest BCUT2D eigenvalue weighted by Crippen LogP contribution is -2.38. The number of carbonyl (C=O) groups is 1. The van der Waals surface area contributed by atoms with Gasteiger partial charge in [-0.05, 0) is 56.3 Å². The fourth-order valence-electron chi connectivity index (χ4n) is 5.26. The molecule has 1 aromatic carbocycles. The fraction of sp³-hybridized carbons (Fsp3) is 0.407. The van der Waals surface area contributed by atoms with E-state index in [9.17, 15) is 13.6 Å². The topological polar surface area (TPSA) is 118 Å². The van der Waals surface area contributed by atoms with Gasteiger partial charge >= 0.3 is 0 Å². The molecule has 2 atom stereocenters. The van der Waals surface area contributed by atoms with Crippen molar-refractivity contribution in [3.8, 4) is 11.4 Å². The minimum atomic E-state index is -1.12. The van der Waals surface area contributed by atoms with Crippen LogP contribution in [0, 0.1) is 24.5 Å². The lowest BCUT2D eigenvalue weighted by atomic mass is 10.00. The Hall–Kier alpha value is -3.91. The van der Waals surface area contributed by atoms with Crippen LogP contribution >= 0.6 is 11.9 Å². The minimum Gasteiger partial charge on any atom is -0.353 e. The van der Waals surface area contributed by atoms with Gasteiger partial charge in [0.1, 0.15) is 17.6 Å². The number of amides is 1. The fourth-order valence-corrected chi connectivity index (χ4v) is 6.10. The van der Waals surface area contributed by atoms with Crippen molar-refractivity contribution in [2.24, 2.45) is 10.3 Å². The van der Waals surface area contributed by atoms with Crippen LogP contribution in [0.15, 0.2) is 41.2 Å². The van der Waals surface area contributed by atoms with E-state index in [0.29, 0.717) is 22.9 Å². The maximum Gasteiger partial charge on any atom is 0.246 e. The molecule has 4 aromatic rings. The predicted molar refractivity (Wildman–Crippen MR) is 154 cm³/mol. The Bertz CT molecular complexity index is 1620. The van der Waals surface area contributed by atoms with Crippen LogP contribution in [0.1, 0.15) is 31.9 Å². The molecule has 11 nitrogen and oxygen atoms in total. The van der Waals surface area contributed by atoms with E-state index < -0.39 is 17.5 Å². The van der Waals surface area contributed by atoms with Crippen molar-refractivity contribution in [2.45, 2.75) is 45.0 Å². The van der Waals surface area contributed by atoms with Gasteiger partial charge in [-0.3, -0.25) is 14.1 Å². The van der Waals surface area contributed by atoms with Gasteiger partial charge in [0.25, 0.3) is 0 Å². The van der Waals surface area contributed by atoms with Crippen LogP contribution in [-0.2, 0) is 11.3 Å². The highest BCUT2D eigenvalue weighted by molar-refractivity contribution is 7.99. The van der Waals surface area contributed by atoms with Gasteiger partial charge in [-0.2, -0.15) is 0 Å².